The predicted octanol–water partition coefficient (Wildman–Crippen LogP) is 1.18. The van der Waals surface area contributed by atoms with Gasteiger partial charge in [-0.3, -0.25) is 0 Å². The zero-order valence-corrected chi connectivity index (χ0v) is 5.83. The molecule has 56 valence electrons. The van der Waals surface area contributed by atoms with Crippen molar-refractivity contribution in [3.05, 3.63) is 24.5 Å². The summed E-state index contributed by atoms with van der Waals surface area (Å²) in [4.78, 5) is 9.99. The monoisotopic (exact) mass is 142 g/mol. The fraction of sp³-hybridized carbons (Fsp3) is 0.286. The van der Waals surface area contributed by atoms with Gasteiger partial charge in [-0.25, -0.2) is 4.79 Å². The van der Waals surface area contributed by atoms with Crippen LogP contribution in [-0.2, 0) is 9.53 Å². The zero-order chi connectivity index (χ0) is 7.98. The Labute approximate surface area is 59.6 Å². The highest BCUT2D eigenvalue weighted by Gasteiger charge is 1.91. The van der Waals surface area contributed by atoms with Gasteiger partial charge in [-0.2, -0.15) is 0 Å². The van der Waals surface area contributed by atoms with Gasteiger partial charge in [0, 0.05) is 0 Å². The van der Waals surface area contributed by atoms with Gasteiger partial charge in [0.15, 0.2) is 0 Å². The second-order valence-electron chi connectivity index (χ2n) is 1.69. The average Bonchev–Trinajstić information content (AvgIpc) is 1.82. The van der Waals surface area contributed by atoms with Crippen LogP contribution in [0.4, 0.5) is 0 Å². The van der Waals surface area contributed by atoms with Crippen molar-refractivity contribution in [2.24, 2.45) is 0 Å². The summed E-state index contributed by atoms with van der Waals surface area (Å²) in [6.45, 7) is 5.34. The third-order valence-electron chi connectivity index (χ3n) is 0.756. The SMILES string of the molecule is C=CCOC(C)=CC(=O)O. The summed E-state index contributed by atoms with van der Waals surface area (Å²) in [5.41, 5.74) is 0. The summed E-state index contributed by atoms with van der Waals surface area (Å²) in [6, 6.07) is 0. The van der Waals surface area contributed by atoms with Crippen LogP contribution in [0.2, 0.25) is 0 Å². The maximum atomic E-state index is 9.99. The minimum atomic E-state index is -0.999. The summed E-state index contributed by atoms with van der Waals surface area (Å²) >= 11 is 0. The predicted molar refractivity (Wildman–Crippen MR) is 37.5 cm³/mol. The molecule has 0 aliphatic heterocycles. The van der Waals surface area contributed by atoms with E-state index in [1.165, 1.54) is 0 Å². The lowest BCUT2D eigenvalue weighted by Gasteiger charge is -1.99. The first-order valence-corrected chi connectivity index (χ1v) is 2.81. The average molecular weight is 142 g/mol. The van der Waals surface area contributed by atoms with Crippen molar-refractivity contribution in [2.45, 2.75) is 6.92 Å². The molecule has 0 unspecified atom stereocenters. The van der Waals surface area contributed by atoms with Crippen LogP contribution in [-0.4, -0.2) is 17.7 Å². The number of carboxylic acid groups (broad SMARTS) is 1. The molecule has 0 aliphatic carbocycles. The molecule has 1 N–H and O–H groups in total. The molecule has 0 radical (unpaired) electrons. The Bertz CT molecular complexity index is 158. The summed E-state index contributed by atoms with van der Waals surface area (Å²) < 4.78 is 4.86. The molecule has 0 aliphatic rings. The highest BCUT2D eigenvalue weighted by Crippen LogP contribution is 1.93. The van der Waals surface area contributed by atoms with E-state index in [4.69, 9.17) is 9.84 Å². The molecule has 0 atom stereocenters. The molecular formula is C7H10O3. The van der Waals surface area contributed by atoms with E-state index in [9.17, 15) is 4.79 Å². The minimum absolute atomic E-state index is 0.343. The van der Waals surface area contributed by atoms with Crippen LogP contribution >= 0.6 is 0 Å². The molecule has 10 heavy (non-hydrogen) atoms. The number of aliphatic carboxylic acids is 1. The largest absolute Gasteiger partial charge is 0.494 e. The first kappa shape index (κ1) is 8.75. The lowest BCUT2D eigenvalue weighted by molar-refractivity contribution is -0.131. The first-order valence-electron chi connectivity index (χ1n) is 2.81. The van der Waals surface area contributed by atoms with Crippen LogP contribution in [0.1, 0.15) is 6.92 Å². The van der Waals surface area contributed by atoms with Gasteiger partial charge in [0.25, 0.3) is 0 Å². The number of carboxylic acids is 1. The molecule has 0 amide bonds. The molecule has 3 nitrogen and oxygen atoms in total. The van der Waals surface area contributed by atoms with E-state index in [1.54, 1.807) is 13.0 Å². The van der Waals surface area contributed by atoms with Gasteiger partial charge >= 0.3 is 5.97 Å². The van der Waals surface area contributed by atoms with Gasteiger partial charge in [-0.05, 0) is 6.92 Å². The van der Waals surface area contributed by atoms with E-state index in [0.717, 1.165) is 6.08 Å². The molecule has 0 aromatic carbocycles. The molecule has 0 fully saturated rings. The third kappa shape index (κ3) is 4.90. The summed E-state index contributed by atoms with van der Waals surface area (Å²) in [5, 5.41) is 8.20. The van der Waals surface area contributed by atoms with E-state index in [1.807, 2.05) is 0 Å². The highest BCUT2D eigenvalue weighted by molar-refractivity contribution is 5.80. The van der Waals surface area contributed by atoms with E-state index < -0.39 is 5.97 Å². The zero-order valence-electron chi connectivity index (χ0n) is 5.83. The number of carbonyl (C=O) groups is 1. The molecule has 0 aromatic heterocycles. The van der Waals surface area contributed by atoms with Crippen LogP contribution in [0.25, 0.3) is 0 Å². The number of hydrogen-bond acceptors (Lipinski definition) is 2. The Morgan fingerprint density at radius 3 is 2.80 bits per heavy atom. The van der Waals surface area contributed by atoms with Crippen LogP contribution < -0.4 is 0 Å². The summed E-state index contributed by atoms with van der Waals surface area (Å²) in [6.07, 6.45) is 2.56. The van der Waals surface area contributed by atoms with E-state index in [0.29, 0.717) is 12.4 Å². The smallest absolute Gasteiger partial charge is 0.331 e. The van der Waals surface area contributed by atoms with Crippen molar-refractivity contribution in [3.8, 4) is 0 Å². The number of hydrogen-bond donors (Lipinski definition) is 1. The summed E-state index contributed by atoms with van der Waals surface area (Å²) in [5.74, 6) is -0.617. The Morgan fingerprint density at radius 2 is 2.40 bits per heavy atom. The minimum Gasteiger partial charge on any atom is -0.494 e. The Hall–Kier alpha value is -1.25. The van der Waals surface area contributed by atoms with Gasteiger partial charge in [-0.15, -0.1) is 0 Å². The Morgan fingerprint density at radius 1 is 1.80 bits per heavy atom. The lowest BCUT2D eigenvalue weighted by atomic mass is 10.5. The fourth-order valence-corrected chi connectivity index (χ4v) is 0.406. The number of allylic oxidation sites excluding steroid dienone is 1. The van der Waals surface area contributed by atoms with Crippen molar-refractivity contribution >= 4 is 5.97 Å². The van der Waals surface area contributed by atoms with Crippen molar-refractivity contribution in [2.75, 3.05) is 6.61 Å². The molecule has 0 aromatic rings. The van der Waals surface area contributed by atoms with Crippen LogP contribution in [0.15, 0.2) is 24.5 Å². The van der Waals surface area contributed by atoms with Crippen molar-refractivity contribution in [1.82, 2.24) is 0 Å². The molecule has 0 heterocycles. The molecule has 0 saturated heterocycles. The van der Waals surface area contributed by atoms with Crippen LogP contribution in [0.5, 0.6) is 0 Å². The van der Waals surface area contributed by atoms with Gasteiger partial charge in [0.05, 0.1) is 6.08 Å². The third-order valence-corrected chi connectivity index (χ3v) is 0.756. The molecule has 0 spiro atoms. The van der Waals surface area contributed by atoms with Crippen molar-refractivity contribution < 1.29 is 14.6 Å². The quantitative estimate of drug-likeness (QED) is 0.364. The van der Waals surface area contributed by atoms with E-state index in [-0.39, 0.29) is 0 Å². The highest BCUT2D eigenvalue weighted by atomic mass is 16.5. The van der Waals surface area contributed by atoms with E-state index in [2.05, 4.69) is 6.58 Å². The van der Waals surface area contributed by atoms with Gasteiger partial charge < -0.3 is 9.84 Å². The second-order valence-corrected chi connectivity index (χ2v) is 1.69. The van der Waals surface area contributed by atoms with E-state index >= 15 is 0 Å². The summed E-state index contributed by atoms with van der Waals surface area (Å²) in [7, 11) is 0. The Balaban J connectivity index is 3.70. The molecular weight excluding hydrogens is 132 g/mol. The van der Waals surface area contributed by atoms with Gasteiger partial charge in [-0.1, -0.05) is 12.7 Å². The molecule has 3 heteroatoms. The van der Waals surface area contributed by atoms with Gasteiger partial charge in [0.1, 0.15) is 12.4 Å². The first-order chi connectivity index (χ1) is 4.66. The number of rotatable bonds is 4. The lowest BCUT2D eigenvalue weighted by Crippen LogP contribution is -1.93. The maximum Gasteiger partial charge on any atom is 0.331 e. The van der Waals surface area contributed by atoms with Crippen molar-refractivity contribution in [1.29, 1.82) is 0 Å². The second kappa shape index (κ2) is 4.61. The molecule has 0 bridgehead atoms. The normalized spacial score (nSPS) is 10.7. The maximum absolute atomic E-state index is 9.99. The van der Waals surface area contributed by atoms with Gasteiger partial charge in [0.2, 0.25) is 0 Å². The fourth-order valence-electron chi connectivity index (χ4n) is 0.406. The van der Waals surface area contributed by atoms with Crippen molar-refractivity contribution in [3.63, 3.8) is 0 Å². The number of ether oxygens (including phenoxy) is 1. The topological polar surface area (TPSA) is 46.5 Å². The molecule has 0 saturated carbocycles. The molecule has 0 rings (SSSR count). The van der Waals surface area contributed by atoms with Crippen LogP contribution in [0.3, 0.4) is 0 Å². The van der Waals surface area contributed by atoms with Crippen LogP contribution in [0, 0.1) is 0 Å². The Kier molecular flexibility index (Phi) is 4.04. The standard InChI is InChI=1S/C7H10O3/c1-3-4-10-6(2)5-7(8)9/h3,5H,1,4H2,2H3,(H,8,9).